The summed E-state index contributed by atoms with van der Waals surface area (Å²) >= 11 is 24.4. The molecule has 35 atom stereocenters. The van der Waals surface area contributed by atoms with Crippen LogP contribution >= 0.6 is 112 Å². The Morgan fingerprint density at radius 2 is 0.263 bits per heavy atom. The molecule has 42 heteroatoms. The van der Waals surface area contributed by atoms with E-state index in [-0.39, 0.29) is 91.6 Å². The minimum absolute atomic E-state index is 0.190. The third-order valence-electron chi connectivity index (χ3n) is 24.6. The Labute approximate surface area is 826 Å². The molecule has 21 saturated heterocycles. The lowest BCUT2D eigenvalue weighted by Crippen LogP contribution is -2.69. The number of hydrogen-bond donors (Lipinski definition) is 21. The number of aliphatic hydroxyl groups excluding tert-OH is 14. The van der Waals surface area contributed by atoms with Crippen LogP contribution in [-0.2, 0) is 112 Å². The lowest BCUT2D eigenvalue weighted by atomic mass is 9.94. The molecule has 7 aromatic rings. The van der Waals surface area contributed by atoms with Crippen molar-refractivity contribution in [2.45, 2.75) is 261 Å². The van der Waals surface area contributed by atoms with Crippen molar-refractivity contribution >= 4 is 112 Å². The fourth-order valence-electron chi connectivity index (χ4n) is 17.3. The fourth-order valence-corrected chi connectivity index (χ4v) is 19.1. The highest BCUT2D eigenvalue weighted by Crippen LogP contribution is 2.41. The van der Waals surface area contributed by atoms with Gasteiger partial charge in [0.15, 0.2) is 44.0 Å². The summed E-state index contributed by atoms with van der Waals surface area (Å²) in [6, 6.07) is 51.7. The molecule has 21 N–H and O–H groups in total. The quantitative estimate of drug-likeness (QED) is 0.0335. The summed E-state index contributed by atoms with van der Waals surface area (Å²) in [5, 5.41) is 200. The van der Waals surface area contributed by atoms with Gasteiger partial charge in [-0.1, -0.05) is 196 Å². The van der Waals surface area contributed by atoms with Gasteiger partial charge < -0.3 is 175 Å². The standard InChI is InChI=1S/C91H112Br7N7O28/c92-50-15-1-43(2-16-50)29-99-36-57-78-64(106)71(113)85(120-57)128-79-58(37-100-30-44-3-17-51(93)18-4-44)122-87(73(115)66(79)108)130-81-60(39-102-32-46-7-21-53(95)22-8-46)124-89(75(117)68(81)110)132-83-62(41-104-34-48-11-25-55(97)26-12-48)126-91(77(119)70(83)112)133-84-63(42-105-35-49-13-27-56(98)28-14-49)125-90(76(118)69(84)111)131-82-61(40-103-33-47-9-23-54(96)24-10-47)123-88(74(116)67(82)109)129-80-59(121-86(127-78)72(114)65(80)107)38-101-31-45-5-19-52(94)20-6-45/h1-28,57-91,99-119H,29-42H2/t57-,58-,59-,60-,61-,62-,63-,64-,65-,66-,67-,68-,69-,70-,71-,72-,73-,74-,75-,76-,77-,78-,79-,80-,81-,82-,83-,84-,85-,86-,87-,88-,89?,90?,91-/m1/s1. The van der Waals surface area contributed by atoms with Crippen molar-refractivity contribution in [2.75, 3.05) is 45.8 Å². The number of benzene rings is 7. The molecule has 21 aliphatic heterocycles. The maximum absolute atomic E-state index is 12.7. The smallest absolute Gasteiger partial charge is 0.187 e. The molecule has 0 aromatic heterocycles. The minimum Gasteiger partial charge on any atom is -0.387 e. The van der Waals surface area contributed by atoms with Crippen LogP contribution in [0.4, 0.5) is 0 Å². The second-order valence-electron chi connectivity index (χ2n) is 34.2. The molecular weight excluding hydrogens is 2200 g/mol. The molecule has 21 aliphatic rings. The first-order valence-electron chi connectivity index (χ1n) is 43.9. The average molecular weight is 2310 g/mol. The Hall–Kier alpha value is -3.50. The van der Waals surface area contributed by atoms with E-state index in [4.69, 9.17) is 66.3 Å². The third-order valence-corrected chi connectivity index (χ3v) is 28.3. The van der Waals surface area contributed by atoms with Crippen molar-refractivity contribution in [1.29, 1.82) is 0 Å². The zero-order chi connectivity index (χ0) is 93.8. The molecule has 14 bridgehead atoms. The zero-order valence-corrected chi connectivity index (χ0v) is 82.5. The van der Waals surface area contributed by atoms with Crippen LogP contribution in [0.25, 0.3) is 0 Å². The topological polar surface area (TPSA) is 497 Å². The van der Waals surface area contributed by atoms with E-state index in [1.807, 2.05) is 170 Å². The SMILES string of the molecule is O[C@@H]1[C@@H](O)[C@H]2O[C@H]3[C@H](O)[C@@H](O)[C@@H](O[C@H]4[C@H](O)[C@@H](O)[C@@H](O[C@H]5[C@H](O)[C@@H](O)[C@@H](O[C@H]6[C@H](O)[C@@H](O)C(O[C@H]7[C@H](O)[C@@H](O)[C@@H](O[C@H]8[C@H](O)[C@@H](O)C(O[C@@H]1[C@@H](CNCc1ccc(Br)cc1)O2)O[C@@H]8CNCc1ccc(Br)cc1)O[C@@H]7CNCc1ccc(Br)cc1)O[C@@H]6CNCc1ccc(Br)cc1)O[C@@H]5CNCc1ccc(Br)cc1)O[C@@H]4CNCc1ccc(Br)cc1)O[C@@H]3CNCc1ccc(Br)cc1. The van der Waals surface area contributed by atoms with Crippen molar-refractivity contribution in [3.63, 3.8) is 0 Å². The van der Waals surface area contributed by atoms with E-state index in [0.717, 1.165) is 70.3 Å². The molecule has 2 unspecified atom stereocenters. The van der Waals surface area contributed by atoms with Crippen LogP contribution in [0.3, 0.4) is 0 Å². The molecule has 0 saturated carbocycles. The van der Waals surface area contributed by atoms with Crippen molar-refractivity contribution in [3.05, 3.63) is 240 Å². The molecule has 0 amide bonds. The molecule has 0 aliphatic carbocycles. The molecule has 133 heavy (non-hydrogen) atoms. The summed E-state index contributed by atoms with van der Waals surface area (Å²) in [6.45, 7) is -0.125. The van der Waals surface area contributed by atoms with Crippen molar-refractivity contribution in [1.82, 2.24) is 37.2 Å². The van der Waals surface area contributed by atoms with Crippen LogP contribution < -0.4 is 37.2 Å². The number of nitrogens with one attached hydrogen (secondary N) is 7. The Balaban J connectivity index is 0.798. The van der Waals surface area contributed by atoms with E-state index >= 15 is 0 Å². The van der Waals surface area contributed by atoms with E-state index in [2.05, 4.69) is 149 Å². The molecular formula is C91H112Br7N7O28. The van der Waals surface area contributed by atoms with Gasteiger partial charge in [0.1, 0.15) is 171 Å². The van der Waals surface area contributed by atoms with Gasteiger partial charge in [-0.05, 0) is 124 Å². The van der Waals surface area contributed by atoms with Crippen LogP contribution in [0.15, 0.2) is 201 Å². The normalized spacial score (nSPS) is 36.9. The van der Waals surface area contributed by atoms with Crippen LogP contribution in [0, 0.1) is 0 Å². The largest absolute Gasteiger partial charge is 0.387 e. The third kappa shape index (κ3) is 26.9. The summed E-state index contributed by atoms with van der Waals surface area (Å²) < 4.78 is 98.8. The van der Waals surface area contributed by atoms with Crippen molar-refractivity contribution < 1.29 is 138 Å². The number of aliphatic hydroxyl groups is 14. The Bertz CT molecular complexity index is 3910. The van der Waals surface area contributed by atoms with E-state index in [1.165, 1.54) is 0 Å². The Kier molecular flexibility index (Phi) is 38.2. The van der Waals surface area contributed by atoms with Crippen LogP contribution in [0.2, 0.25) is 0 Å². The zero-order valence-electron chi connectivity index (χ0n) is 71.4. The van der Waals surface area contributed by atoms with Crippen molar-refractivity contribution in [3.8, 4) is 0 Å². The predicted octanol–water partition coefficient (Wildman–Crippen LogP) is 2.69. The van der Waals surface area contributed by atoms with Gasteiger partial charge in [-0.2, -0.15) is 0 Å². The number of halogens is 7. The summed E-state index contributed by atoms with van der Waals surface area (Å²) in [5.41, 5.74) is 5.60. The molecule has 7 aromatic carbocycles. The van der Waals surface area contributed by atoms with Gasteiger partial charge in [0.05, 0.1) is 0 Å². The van der Waals surface area contributed by atoms with Gasteiger partial charge >= 0.3 is 0 Å². The first kappa shape index (κ1) is 104. The maximum Gasteiger partial charge on any atom is 0.187 e. The van der Waals surface area contributed by atoms with Gasteiger partial charge in [-0.3, -0.25) is 0 Å². The summed E-state index contributed by atoms with van der Waals surface area (Å²) in [6.07, 6.45) is -64.1. The van der Waals surface area contributed by atoms with Gasteiger partial charge in [-0.15, -0.1) is 0 Å². The molecule has 0 spiro atoms. The first-order chi connectivity index (χ1) is 64.0. The van der Waals surface area contributed by atoms with E-state index in [0.29, 0.717) is 0 Å². The monoisotopic (exact) mass is 2300 g/mol. The highest BCUT2D eigenvalue weighted by molar-refractivity contribution is 9.11. The van der Waals surface area contributed by atoms with Crippen LogP contribution in [0.1, 0.15) is 38.9 Å². The molecule has 28 rings (SSSR count). The number of rotatable bonds is 28. The van der Waals surface area contributed by atoms with E-state index in [9.17, 15) is 71.5 Å². The molecule has 21 fully saturated rings. The Morgan fingerprint density at radius 1 is 0.158 bits per heavy atom. The van der Waals surface area contributed by atoms with Gasteiger partial charge in [-0.25, -0.2) is 0 Å². The minimum atomic E-state index is -2.11. The summed E-state index contributed by atoms with van der Waals surface area (Å²) in [7, 11) is 0. The van der Waals surface area contributed by atoms with Crippen LogP contribution in [0.5, 0.6) is 0 Å². The summed E-state index contributed by atoms with van der Waals surface area (Å²) in [4.78, 5) is 0. The van der Waals surface area contributed by atoms with E-state index in [1.54, 1.807) is 0 Å². The molecule has 21 heterocycles. The second kappa shape index (κ2) is 49.0. The highest BCUT2D eigenvalue weighted by Gasteiger charge is 2.60. The van der Waals surface area contributed by atoms with Gasteiger partial charge in [0.25, 0.3) is 0 Å². The lowest BCUT2D eigenvalue weighted by Gasteiger charge is -2.50. The maximum atomic E-state index is 12.7. The lowest BCUT2D eigenvalue weighted by molar-refractivity contribution is -0.392. The fraction of sp³-hybridized carbons (Fsp3) is 0.538. The molecule has 35 nitrogen and oxygen atoms in total. The Morgan fingerprint density at radius 3 is 0.368 bits per heavy atom. The summed E-state index contributed by atoms with van der Waals surface area (Å²) in [5.74, 6) is 0. The predicted molar refractivity (Wildman–Crippen MR) is 500 cm³/mol. The highest BCUT2D eigenvalue weighted by atomic mass is 79.9. The van der Waals surface area contributed by atoms with E-state index < -0.39 is 215 Å². The average Bonchev–Trinajstić information content (AvgIpc) is 0.886. The van der Waals surface area contributed by atoms with Crippen molar-refractivity contribution in [2.24, 2.45) is 0 Å². The number of ether oxygens (including phenoxy) is 14. The van der Waals surface area contributed by atoms with Crippen LogP contribution in [-0.4, -0.2) is 332 Å². The van der Waals surface area contributed by atoms with Gasteiger partial charge in [0, 0.05) is 123 Å². The second-order valence-corrected chi connectivity index (χ2v) is 40.6. The number of hydrogen-bond acceptors (Lipinski definition) is 35. The molecule has 0 radical (unpaired) electrons. The first-order valence-corrected chi connectivity index (χ1v) is 49.5. The van der Waals surface area contributed by atoms with Gasteiger partial charge in [0.2, 0.25) is 0 Å². The molecule has 728 valence electrons.